The average molecular weight is 153 g/mol. The Balaban J connectivity index is 3.16. The lowest BCUT2D eigenvalue weighted by Gasteiger charge is -2.03. The molecule has 0 atom stereocenters. The normalized spacial score (nSPS) is 10.5. The van der Waals surface area contributed by atoms with Crippen molar-refractivity contribution in [2.75, 3.05) is 0 Å². The second-order valence-corrected chi connectivity index (χ2v) is 2.78. The van der Waals surface area contributed by atoms with Gasteiger partial charge in [-0.2, -0.15) is 0 Å². The molecular formula is C8H11NO2. The van der Waals surface area contributed by atoms with Crippen molar-refractivity contribution in [3.63, 3.8) is 0 Å². The summed E-state index contributed by atoms with van der Waals surface area (Å²) < 4.78 is 0. The lowest BCUT2D eigenvalue weighted by molar-refractivity contribution is 0.465. The highest BCUT2D eigenvalue weighted by Crippen LogP contribution is 2.10. The van der Waals surface area contributed by atoms with E-state index in [4.69, 9.17) is 5.11 Å². The van der Waals surface area contributed by atoms with Crippen LogP contribution in [0.4, 0.5) is 0 Å². The molecule has 2 N–H and O–H groups in total. The number of aromatic hydroxyl groups is 1. The third-order valence-corrected chi connectivity index (χ3v) is 1.53. The third-order valence-electron chi connectivity index (χ3n) is 1.53. The molecule has 3 nitrogen and oxygen atoms in total. The van der Waals surface area contributed by atoms with Gasteiger partial charge in [0, 0.05) is 5.69 Å². The van der Waals surface area contributed by atoms with E-state index in [1.807, 2.05) is 13.8 Å². The highest BCUT2D eigenvalue weighted by Gasteiger charge is 2.01. The monoisotopic (exact) mass is 153 g/mol. The standard InChI is InChI=1S/C8H11NO2/c1-5(2)6-3-4-7(10)8(11)9-6/h3-5,10H,1-2H3,(H,9,11). The summed E-state index contributed by atoms with van der Waals surface area (Å²) >= 11 is 0. The van der Waals surface area contributed by atoms with E-state index in [1.165, 1.54) is 6.07 Å². The highest BCUT2D eigenvalue weighted by molar-refractivity contribution is 5.19. The van der Waals surface area contributed by atoms with Crippen molar-refractivity contribution in [1.29, 1.82) is 0 Å². The predicted molar refractivity (Wildman–Crippen MR) is 42.8 cm³/mol. The molecule has 0 aromatic carbocycles. The van der Waals surface area contributed by atoms with E-state index in [-0.39, 0.29) is 11.7 Å². The Bertz CT molecular complexity index is 301. The average Bonchev–Trinajstić information content (AvgIpc) is 1.94. The van der Waals surface area contributed by atoms with Crippen molar-refractivity contribution in [2.24, 2.45) is 0 Å². The number of rotatable bonds is 1. The van der Waals surface area contributed by atoms with Gasteiger partial charge in [-0.3, -0.25) is 4.79 Å². The van der Waals surface area contributed by atoms with Crippen LogP contribution < -0.4 is 5.56 Å². The maximum Gasteiger partial charge on any atom is 0.290 e. The largest absolute Gasteiger partial charge is 0.503 e. The lowest BCUT2D eigenvalue weighted by Crippen LogP contribution is -2.08. The minimum atomic E-state index is -0.420. The molecule has 0 saturated heterocycles. The van der Waals surface area contributed by atoms with Gasteiger partial charge >= 0.3 is 0 Å². The number of hydrogen-bond acceptors (Lipinski definition) is 2. The van der Waals surface area contributed by atoms with Crippen LogP contribution in [0.15, 0.2) is 16.9 Å². The lowest BCUT2D eigenvalue weighted by atomic mass is 10.1. The maximum atomic E-state index is 10.8. The van der Waals surface area contributed by atoms with E-state index in [0.29, 0.717) is 0 Å². The number of hydrogen-bond donors (Lipinski definition) is 2. The van der Waals surface area contributed by atoms with E-state index in [0.717, 1.165) is 5.69 Å². The summed E-state index contributed by atoms with van der Waals surface area (Å²) in [6.07, 6.45) is 0. The second kappa shape index (κ2) is 2.78. The zero-order valence-corrected chi connectivity index (χ0v) is 6.59. The Hall–Kier alpha value is -1.25. The fourth-order valence-electron chi connectivity index (χ4n) is 0.818. The molecule has 0 saturated carbocycles. The number of H-pyrrole nitrogens is 1. The fraction of sp³-hybridized carbons (Fsp3) is 0.375. The molecular weight excluding hydrogens is 142 g/mol. The first-order chi connectivity index (χ1) is 5.11. The van der Waals surface area contributed by atoms with Gasteiger partial charge in [-0.1, -0.05) is 13.8 Å². The Kier molecular flexibility index (Phi) is 1.98. The SMILES string of the molecule is CC(C)c1ccc(O)c(=O)[nH]1. The molecule has 0 unspecified atom stereocenters. The van der Waals surface area contributed by atoms with Crippen molar-refractivity contribution >= 4 is 0 Å². The van der Waals surface area contributed by atoms with Crippen molar-refractivity contribution < 1.29 is 5.11 Å². The van der Waals surface area contributed by atoms with Crippen molar-refractivity contribution in [2.45, 2.75) is 19.8 Å². The van der Waals surface area contributed by atoms with Crippen LogP contribution >= 0.6 is 0 Å². The maximum absolute atomic E-state index is 10.8. The molecule has 0 aliphatic carbocycles. The minimum absolute atomic E-state index is 0.227. The summed E-state index contributed by atoms with van der Waals surface area (Å²) in [6, 6.07) is 3.12. The zero-order chi connectivity index (χ0) is 8.43. The van der Waals surface area contributed by atoms with E-state index in [2.05, 4.69) is 4.98 Å². The molecule has 60 valence electrons. The van der Waals surface area contributed by atoms with E-state index in [9.17, 15) is 4.79 Å². The van der Waals surface area contributed by atoms with Gasteiger partial charge in [0.05, 0.1) is 0 Å². The topological polar surface area (TPSA) is 53.1 Å². The van der Waals surface area contributed by atoms with Gasteiger partial charge in [0.15, 0.2) is 5.75 Å². The van der Waals surface area contributed by atoms with Crippen LogP contribution in [0.1, 0.15) is 25.5 Å². The zero-order valence-electron chi connectivity index (χ0n) is 6.59. The molecule has 0 radical (unpaired) electrons. The highest BCUT2D eigenvalue weighted by atomic mass is 16.3. The smallest absolute Gasteiger partial charge is 0.290 e. The van der Waals surface area contributed by atoms with Crippen molar-refractivity contribution in [3.05, 3.63) is 28.2 Å². The van der Waals surface area contributed by atoms with Gasteiger partial charge < -0.3 is 10.1 Å². The minimum Gasteiger partial charge on any atom is -0.503 e. The Labute approximate surface area is 64.7 Å². The van der Waals surface area contributed by atoms with E-state index < -0.39 is 5.56 Å². The Morgan fingerprint density at radius 2 is 2.09 bits per heavy atom. The molecule has 1 heterocycles. The van der Waals surface area contributed by atoms with Gasteiger partial charge in [0.2, 0.25) is 0 Å². The van der Waals surface area contributed by atoms with Crippen LogP contribution in [0.5, 0.6) is 5.75 Å². The molecule has 0 fully saturated rings. The summed E-state index contributed by atoms with van der Waals surface area (Å²) in [5.74, 6) is 0.0534. The van der Waals surface area contributed by atoms with Gasteiger partial charge in [-0.05, 0) is 18.1 Å². The molecule has 11 heavy (non-hydrogen) atoms. The second-order valence-electron chi connectivity index (χ2n) is 2.78. The fourth-order valence-corrected chi connectivity index (χ4v) is 0.818. The summed E-state index contributed by atoms with van der Waals surface area (Å²) in [7, 11) is 0. The van der Waals surface area contributed by atoms with Crippen LogP contribution in [0.25, 0.3) is 0 Å². The molecule has 0 aliphatic rings. The van der Waals surface area contributed by atoms with Gasteiger partial charge in [-0.25, -0.2) is 0 Å². The molecule has 3 heteroatoms. The molecule has 1 aromatic rings. The van der Waals surface area contributed by atoms with E-state index >= 15 is 0 Å². The molecule has 1 aromatic heterocycles. The molecule has 0 spiro atoms. The summed E-state index contributed by atoms with van der Waals surface area (Å²) in [4.78, 5) is 13.4. The van der Waals surface area contributed by atoms with Crippen LogP contribution in [0.2, 0.25) is 0 Å². The number of aromatic amines is 1. The summed E-state index contributed by atoms with van der Waals surface area (Å²) in [5, 5.41) is 8.88. The molecule has 0 bridgehead atoms. The van der Waals surface area contributed by atoms with Gasteiger partial charge in [0.1, 0.15) is 0 Å². The molecule has 1 rings (SSSR count). The van der Waals surface area contributed by atoms with Crippen molar-refractivity contribution in [3.8, 4) is 5.75 Å². The summed E-state index contributed by atoms with van der Waals surface area (Å²) in [5.41, 5.74) is 0.420. The van der Waals surface area contributed by atoms with Gasteiger partial charge in [-0.15, -0.1) is 0 Å². The van der Waals surface area contributed by atoms with Crippen LogP contribution in [0, 0.1) is 0 Å². The first-order valence-electron chi connectivity index (χ1n) is 3.53. The predicted octanol–water partition coefficient (Wildman–Crippen LogP) is 1.20. The number of aromatic nitrogens is 1. The van der Waals surface area contributed by atoms with Crippen LogP contribution in [-0.2, 0) is 0 Å². The van der Waals surface area contributed by atoms with Crippen LogP contribution in [0.3, 0.4) is 0 Å². The first kappa shape index (κ1) is 7.85. The Morgan fingerprint density at radius 3 is 2.55 bits per heavy atom. The number of pyridine rings is 1. The van der Waals surface area contributed by atoms with Gasteiger partial charge in [0.25, 0.3) is 5.56 Å². The van der Waals surface area contributed by atoms with E-state index in [1.54, 1.807) is 6.07 Å². The third kappa shape index (κ3) is 1.61. The summed E-state index contributed by atoms with van der Waals surface area (Å²) in [6.45, 7) is 3.95. The molecule has 0 amide bonds. The van der Waals surface area contributed by atoms with Crippen LogP contribution in [-0.4, -0.2) is 10.1 Å². The first-order valence-corrected chi connectivity index (χ1v) is 3.53. The quantitative estimate of drug-likeness (QED) is 0.637. The number of nitrogens with one attached hydrogen (secondary N) is 1. The molecule has 0 aliphatic heterocycles. The Morgan fingerprint density at radius 1 is 1.45 bits per heavy atom. The van der Waals surface area contributed by atoms with Crippen molar-refractivity contribution in [1.82, 2.24) is 4.98 Å².